The second-order valence-corrected chi connectivity index (χ2v) is 5.92. The van der Waals surface area contributed by atoms with Crippen LogP contribution in [0.3, 0.4) is 0 Å². The van der Waals surface area contributed by atoms with Gasteiger partial charge in [-0.2, -0.15) is 0 Å². The summed E-state index contributed by atoms with van der Waals surface area (Å²) in [5.41, 5.74) is 0. The molecule has 154 valence electrons. The molecule has 0 heterocycles. The Hall–Kier alpha value is -1.18. The molecule has 0 aliphatic rings. The lowest BCUT2D eigenvalue weighted by atomic mass is 10.1. The van der Waals surface area contributed by atoms with Crippen LogP contribution in [0, 0.1) is 0 Å². The monoisotopic (exact) mass is 376 g/mol. The highest BCUT2D eigenvalue weighted by molar-refractivity contribution is 5.69. The van der Waals surface area contributed by atoms with E-state index in [4.69, 9.17) is 23.7 Å². The first-order valence-corrected chi connectivity index (χ1v) is 9.69. The standard InChI is InChI=1S/C19H36O7/c1-3-4-5-6-7-8-9-19(21)26-17-15-24-13-11-22-10-12-23-14-16-25-18(2)20/h3-17H2,1-2H3. The van der Waals surface area contributed by atoms with Gasteiger partial charge in [0.05, 0.1) is 39.6 Å². The summed E-state index contributed by atoms with van der Waals surface area (Å²) in [7, 11) is 0. The van der Waals surface area contributed by atoms with Gasteiger partial charge in [-0.25, -0.2) is 0 Å². The maximum Gasteiger partial charge on any atom is 0.305 e. The van der Waals surface area contributed by atoms with Gasteiger partial charge in [0.1, 0.15) is 13.2 Å². The molecular weight excluding hydrogens is 340 g/mol. The van der Waals surface area contributed by atoms with Crippen LogP contribution in [0.1, 0.15) is 58.8 Å². The lowest BCUT2D eigenvalue weighted by Crippen LogP contribution is -2.14. The van der Waals surface area contributed by atoms with Crippen LogP contribution in [-0.2, 0) is 33.3 Å². The number of hydrogen-bond acceptors (Lipinski definition) is 7. The van der Waals surface area contributed by atoms with Gasteiger partial charge in [0.2, 0.25) is 0 Å². The van der Waals surface area contributed by atoms with Crippen molar-refractivity contribution in [1.82, 2.24) is 0 Å². The average molecular weight is 376 g/mol. The van der Waals surface area contributed by atoms with Gasteiger partial charge in [-0.05, 0) is 6.42 Å². The lowest BCUT2D eigenvalue weighted by molar-refractivity contribution is -0.145. The lowest BCUT2D eigenvalue weighted by Gasteiger charge is -2.08. The van der Waals surface area contributed by atoms with E-state index in [1.165, 1.54) is 32.6 Å². The fraction of sp³-hybridized carbons (Fsp3) is 0.895. The highest BCUT2D eigenvalue weighted by Gasteiger charge is 2.02. The number of carbonyl (C=O) groups is 2. The van der Waals surface area contributed by atoms with Crippen molar-refractivity contribution in [2.24, 2.45) is 0 Å². The minimum atomic E-state index is -0.310. The Morgan fingerprint density at radius 2 is 1.08 bits per heavy atom. The fourth-order valence-electron chi connectivity index (χ4n) is 2.12. The number of rotatable bonds is 19. The van der Waals surface area contributed by atoms with Gasteiger partial charge in [-0.3, -0.25) is 9.59 Å². The van der Waals surface area contributed by atoms with E-state index < -0.39 is 0 Å². The van der Waals surface area contributed by atoms with Crippen molar-refractivity contribution in [2.45, 2.75) is 58.8 Å². The first kappa shape index (κ1) is 24.8. The zero-order chi connectivity index (χ0) is 19.3. The van der Waals surface area contributed by atoms with Gasteiger partial charge in [0.25, 0.3) is 0 Å². The van der Waals surface area contributed by atoms with Crippen LogP contribution in [0.15, 0.2) is 0 Å². The smallest absolute Gasteiger partial charge is 0.305 e. The van der Waals surface area contributed by atoms with E-state index in [0.717, 1.165) is 12.8 Å². The zero-order valence-electron chi connectivity index (χ0n) is 16.5. The van der Waals surface area contributed by atoms with Gasteiger partial charge in [-0.1, -0.05) is 39.0 Å². The van der Waals surface area contributed by atoms with E-state index in [1.54, 1.807) is 0 Å². The Bertz CT molecular complexity index is 334. The zero-order valence-corrected chi connectivity index (χ0v) is 16.5. The van der Waals surface area contributed by atoms with Gasteiger partial charge in [-0.15, -0.1) is 0 Å². The van der Waals surface area contributed by atoms with Crippen LogP contribution in [0.25, 0.3) is 0 Å². The number of carbonyl (C=O) groups excluding carboxylic acids is 2. The van der Waals surface area contributed by atoms with Gasteiger partial charge < -0.3 is 23.7 Å². The highest BCUT2D eigenvalue weighted by atomic mass is 16.6. The predicted molar refractivity (Wildman–Crippen MR) is 98.0 cm³/mol. The molecule has 0 amide bonds. The third kappa shape index (κ3) is 20.9. The van der Waals surface area contributed by atoms with E-state index in [0.29, 0.717) is 46.1 Å². The van der Waals surface area contributed by atoms with Crippen molar-refractivity contribution in [1.29, 1.82) is 0 Å². The molecule has 0 unspecified atom stereocenters. The maximum atomic E-state index is 11.5. The minimum absolute atomic E-state index is 0.147. The Kier molecular flexibility index (Phi) is 19.2. The van der Waals surface area contributed by atoms with Crippen molar-refractivity contribution in [3.8, 4) is 0 Å². The summed E-state index contributed by atoms with van der Waals surface area (Å²) in [5.74, 6) is -0.457. The summed E-state index contributed by atoms with van der Waals surface area (Å²) in [6.45, 7) is 6.64. The Morgan fingerprint density at radius 1 is 0.615 bits per heavy atom. The van der Waals surface area contributed by atoms with Gasteiger partial charge >= 0.3 is 11.9 Å². The van der Waals surface area contributed by atoms with Crippen molar-refractivity contribution in [3.63, 3.8) is 0 Å². The van der Waals surface area contributed by atoms with E-state index in [2.05, 4.69) is 6.92 Å². The molecule has 0 spiro atoms. The van der Waals surface area contributed by atoms with Crippen molar-refractivity contribution >= 4 is 11.9 Å². The molecule has 0 aliphatic carbocycles. The summed E-state index contributed by atoms with van der Waals surface area (Å²) in [6, 6.07) is 0. The Balaban J connectivity index is 3.14. The van der Waals surface area contributed by atoms with Crippen LogP contribution < -0.4 is 0 Å². The van der Waals surface area contributed by atoms with E-state index >= 15 is 0 Å². The molecule has 0 saturated carbocycles. The molecule has 7 heteroatoms. The molecule has 0 radical (unpaired) electrons. The summed E-state index contributed by atoms with van der Waals surface area (Å²) in [4.78, 5) is 22.0. The molecule has 7 nitrogen and oxygen atoms in total. The van der Waals surface area contributed by atoms with Crippen LogP contribution in [-0.4, -0.2) is 64.8 Å². The molecule has 0 saturated heterocycles. The highest BCUT2D eigenvalue weighted by Crippen LogP contribution is 2.07. The molecule has 0 atom stereocenters. The molecule has 0 fully saturated rings. The van der Waals surface area contributed by atoms with Crippen molar-refractivity contribution in [2.75, 3.05) is 52.9 Å². The summed E-state index contributed by atoms with van der Waals surface area (Å²) >= 11 is 0. The quantitative estimate of drug-likeness (QED) is 0.253. The maximum absolute atomic E-state index is 11.5. The van der Waals surface area contributed by atoms with Gasteiger partial charge in [0.15, 0.2) is 0 Å². The fourth-order valence-corrected chi connectivity index (χ4v) is 2.12. The van der Waals surface area contributed by atoms with E-state index in [-0.39, 0.29) is 25.2 Å². The summed E-state index contributed by atoms with van der Waals surface area (Å²) < 4.78 is 25.7. The Morgan fingerprint density at radius 3 is 1.62 bits per heavy atom. The third-order valence-corrected chi connectivity index (χ3v) is 3.50. The molecule has 0 bridgehead atoms. The SMILES string of the molecule is CCCCCCCCC(=O)OCCOCCOCCOCCOC(C)=O. The summed E-state index contributed by atoms with van der Waals surface area (Å²) in [5, 5.41) is 0. The normalized spacial score (nSPS) is 10.7. The van der Waals surface area contributed by atoms with Gasteiger partial charge in [0, 0.05) is 13.3 Å². The van der Waals surface area contributed by atoms with E-state index in [1.807, 2.05) is 0 Å². The first-order valence-electron chi connectivity index (χ1n) is 9.69. The molecule has 0 aromatic rings. The van der Waals surface area contributed by atoms with Crippen molar-refractivity contribution < 1.29 is 33.3 Å². The third-order valence-electron chi connectivity index (χ3n) is 3.50. The van der Waals surface area contributed by atoms with Crippen molar-refractivity contribution in [3.05, 3.63) is 0 Å². The topological polar surface area (TPSA) is 80.3 Å². The second kappa shape index (κ2) is 20.1. The first-order chi connectivity index (χ1) is 12.7. The van der Waals surface area contributed by atoms with E-state index in [9.17, 15) is 9.59 Å². The number of unbranched alkanes of at least 4 members (excludes halogenated alkanes) is 5. The largest absolute Gasteiger partial charge is 0.463 e. The molecule has 0 aromatic heterocycles. The molecular formula is C19H36O7. The minimum Gasteiger partial charge on any atom is -0.463 e. The number of esters is 2. The molecule has 0 N–H and O–H groups in total. The second-order valence-electron chi connectivity index (χ2n) is 5.92. The van der Waals surface area contributed by atoms with Crippen LogP contribution in [0.5, 0.6) is 0 Å². The molecule has 0 aromatic carbocycles. The Labute approximate surface area is 157 Å². The molecule has 26 heavy (non-hydrogen) atoms. The molecule has 0 aliphatic heterocycles. The average Bonchev–Trinajstić information content (AvgIpc) is 2.61. The van der Waals surface area contributed by atoms with Crippen LogP contribution in [0.2, 0.25) is 0 Å². The predicted octanol–water partition coefficient (Wildman–Crippen LogP) is 2.89. The molecule has 0 rings (SSSR count). The summed E-state index contributed by atoms with van der Waals surface area (Å²) in [6.07, 6.45) is 7.44. The number of ether oxygens (including phenoxy) is 5. The van der Waals surface area contributed by atoms with Crippen LogP contribution >= 0.6 is 0 Å². The van der Waals surface area contributed by atoms with Crippen LogP contribution in [0.4, 0.5) is 0 Å². The number of hydrogen-bond donors (Lipinski definition) is 0.